The Balaban J connectivity index is 1.69. The summed E-state index contributed by atoms with van der Waals surface area (Å²) in [6.07, 6.45) is 3.70. The molecule has 1 heterocycles. The molecular weight excluding hydrogens is 352 g/mol. The van der Waals surface area contributed by atoms with E-state index in [1.54, 1.807) is 0 Å². The van der Waals surface area contributed by atoms with Crippen molar-refractivity contribution in [3.8, 4) is 0 Å². The number of rotatable bonds is 8. The Hall–Kier alpha value is -2.70. The van der Waals surface area contributed by atoms with Gasteiger partial charge in [-0.25, -0.2) is 0 Å². The largest absolute Gasteiger partial charge is 0.394 e. The van der Waals surface area contributed by atoms with Crippen LogP contribution < -0.4 is 9.80 Å². The van der Waals surface area contributed by atoms with E-state index in [2.05, 4.69) is 56.2 Å². The van der Waals surface area contributed by atoms with Gasteiger partial charge in [-0.05, 0) is 12.1 Å². The standard InChI is InChI=1S/C22H28N4O2/c27-15-9-23-17-19-5-1-3-7-21(19)25-11-13-26(14-12-25)22-8-4-2-6-20(22)18-24-10-16-28/h1-8,17-18,27-28H,9-16H2. The SMILES string of the molecule is OCCN=Cc1ccccc1N1CCN(c2ccccc2C=NCCO)CC1. The quantitative estimate of drug-likeness (QED) is 0.686. The highest BCUT2D eigenvalue weighted by molar-refractivity contribution is 5.89. The van der Waals surface area contributed by atoms with Crippen molar-refractivity contribution >= 4 is 23.8 Å². The smallest absolute Gasteiger partial charge is 0.0626 e. The zero-order valence-corrected chi connectivity index (χ0v) is 16.1. The maximum atomic E-state index is 8.94. The molecule has 2 aromatic rings. The van der Waals surface area contributed by atoms with Crippen molar-refractivity contribution in [3.05, 3.63) is 59.7 Å². The minimum absolute atomic E-state index is 0.0678. The number of hydrogen-bond acceptors (Lipinski definition) is 6. The highest BCUT2D eigenvalue weighted by atomic mass is 16.3. The van der Waals surface area contributed by atoms with Crippen LogP contribution in [0.3, 0.4) is 0 Å². The first-order chi connectivity index (χ1) is 13.8. The number of aliphatic imine (C=N–C) groups is 2. The van der Waals surface area contributed by atoms with Gasteiger partial charge in [-0.2, -0.15) is 0 Å². The molecule has 0 unspecified atom stereocenters. The number of benzene rings is 2. The van der Waals surface area contributed by atoms with Gasteiger partial charge < -0.3 is 20.0 Å². The van der Waals surface area contributed by atoms with Crippen LogP contribution in [-0.4, -0.2) is 75.1 Å². The fourth-order valence-corrected chi connectivity index (χ4v) is 3.40. The molecule has 28 heavy (non-hydrogen) atoms. The van der Waals surface area contributed by atoms with Crippen LogP contribution in [-0.2, 0) is 0 Å². The summed E-state index contributed by atoms with van der Waals surface area (Å²) in [7, 11) is 0. The molecule has 0 atom stereocenters. The van der Waals surface area contributed by atoms with Gasteiger partial charge >= 0.3 is 0 Å². The third kappa shape index (κ3) is 5.18. The molecule has 1 aliphatic rings. The highest BCUT2D eigenvalue weighted by Crippen LogP contribution is 2.24. The van der Waals surface area contributed by atoms with Crippen LogP contribution in [0.25, 0.3) is 0 Å². The van der Waals surface area contributed by atoms with Crippen LogP contribution in [0.4, 0.5) is 11.4 Å². The van der Waals surface area contributed by atoms with E-state index in [1.165, 1.54) is 11.4 Å². The molecule has 0 aromatic heterocycles. The van der Waals surface area contributed by atoms with E-state index < -0.39 is 0 Å². The van der Waals surface area contributed by atoms with Gasteiger partial charge in [-0.15, -0.1) is 0 Å². The Morgan fingerprint density at radius 2 is 1.07 bits per heavy atom. The number of aliphatic hydroxyl groups excluding tert-OH is 2. The lowest BCUT2D eigenvalue weighted by atomic mass is 10.1. The lowest BCUT2D eigenvalue weighted by Gasteiger charge is -2.38. The number of hydrogen-bond donors (Lipinski definition) is 2. The van der Waals surface area contributed by atoms with Crippen molar-refractivity contribution in [1.29, 1.82) is 0 Å². The summed E-state index contributed by atoms with van der Waals surface area (Å²) in [5.41, 5.74) is 4.53. The van der Waals surface area contributed by atoms with Gasteiger partial charge in [0.15, 0.2) is 0 Å². The molecule has 0 amide bonds. The fourth-order valence-electron chi connectivity index (χ4n) is 3.40. The molecule has 3 rings (SSSR count). The minimum atomic E-state index is 0.0678. The van der Waals surface area contributed by atoms with Gasteiger partial charge in [-0.1, -0.05) is 36.4 Å². The molecule has 0 aliphatic carbocycles. The van der Waals surface area contributed by atoms with E-state index >= 15 is 0 Å². The maximum absolute atomic E-state index is 8.94. The Kier molecular flexibility index (Phi) is 7.58. The molecule has 0 bridgehead atoms. The second-order valence-corrected chi connectivity index (χ2v) is 6.61. The van der Waals surface area contributed by atoms with Crippen LogP contribution in [0, 0.1) is 0 Å². The number of aliphatic hydroxyl groups is 2. The molecule has 148 valence electrons. The lowest BCUT2D eigenvalue weighted by Crippen LogP contribution is -2.47. The summed E-state index contributed by atoms with van der Waals surface area (Å²) in [6.45, 7) is 4.68. The average molecular weight is 380 g/mol. The number of nitrogens with zero attached hydrogens (tertiary/aromatic N) is 4. The second kappa shape index (κ2) is 10.6. The summed E-state index contributed by atoms with van der Waals surface area (Å²) < 4.78 is 0. The molecule has 1 aliphatic heterocycles. The maximum Gasteiger partial charge on any atom is 0.0626 e. The summed E-state index contributed by atoms with van der Waals surface area (Å²) in [5.74, 6) is 0. The molecule has 1 saturated heterocycles. The second-order valence-electron chi connectivity index (χ2n) is 6.61. The van der Waals surface area contributed by atoms with Gasteiger partial charge in [0.2, 0.25) is 0 Å². The van der Waals surface area contributed by atoms with E-state index in [0.29, 0.717) is 13.1 Å². The molecule has 0 spiro atoms. The predicted octanol–water partition coefficient (Wildman–Crippen LogP) is 1.84. The fraction of sp³-hybridized carbons (Fsp3) is 0.364. The Morgan fingerprint density at radius 3 is 1.46 bits per heavy atom. The van der Waals surface area contributed by atoms with Gasteiger partial charge in [0.05, 0.1) is 26.3 Å². The highest BCUT2D eigenvalue weighted by Gasteiger charge is 2.20. The van der Waals surface area contributed by atoms with Gasteiger partial charge in [0.1, 0.15) is 0 Å². The first-order valence-corrected chi connectivity index (χ1v) is 9.73. The first-order valence-electron chi connectivity index (χ1n) is 9.73. The van der Waals surface area contributed by atoms with E-state index in [9.17, 15) is 0 Å². The zero-order chi connectivity index (χ0) is 19.6. The predicted molar refractivity (Wildman–Crippen MR) is 116 cm³/mol. The Bertz CT molecular complexity index is 731. The van der Waals surface area contributed by atoms with Crippen LogP contribution in [0.5, 0.6) is 0 Å². The molecule has 0 saturated carbocycles. The minimum Gasteiger partial charge on any atom is -0.394 e. The monoisotopic (exact) mass is 380 g/mol. The van der Waals surface area contributed by atoms with Crippen molar-refractivity contribution in [1.82, 2.24) is 0 Å². The van der Waals surface area contributed by atoms with Crippen LogP contribution >= 0.6 is 0 Å². The average Bonchev–Trinajstić information content (AvgIpc) is 2.75. The lowest BCUT2D eigenvalue weighted by molar-refractivity contribution is 0.307. The Morgan fingerprint density at radius 1 is 0.679 bits per heavy atom. The molecule has 6 nitrogen and oxygen atoms in total. The summed E-state index contributed by atoms with van der Waals surface area (Å²) in [5, 5.41) is 17.9. The molecule has 2 N–H and O–H groups in total. The van der Waals surface area contributed by atoms with E-state index in [1.807, 2.05) is 24.6 Å². The van der Waals surface area contributed by atoms with Crippen molar-refractivity contribution in [2.45, 2.75) is 0 Å². The topological polar surface area (TPSA) is 71.7 Å². The van der Waals surface area contributed by atoms with E-state index in [4.69, 9.17) is 10.2 Å². The molecule has 0 radical (unpaired) electrons. The van der Waals surface area contributed by atoms with Crippen LogP contribution in [0.2, 0.25) is 0 Å². The first kappa shape index (κ1) is 20.0. The van der Waals surface area contributed by atoms with E-state index in [-0.39, 0.29) is 13.2 Å². The van der Waals surface area contributed by atoms with Crippen molar-refractivity contribution in [2.24, 2.45) is 9.98 Å². The van der Waals surface area contributed by atoms with Gasteiger partial charge in [0.25, 0.3) is 0 Å². The zero-order valence-electron chi connectivity index (χ0n) is 16.1. The normalized spacial score (nSPS) is 15.1. The van der Waals surface area contributed by atoms with Gasteiger partial charge in [0, 0.05) is 61.1 Å². The third-order valence-corrected chi connectivity index (χ3v) is 4.75. The molecule has 6 heteroatoms. The third-order valence-electron chi connectivity index (χ3n) is 4.75. The van der Waals surface area contributed by atoms with Crippen molar-refractivity contribution in [3.63, 3.8) is 0 Å². The van der Waals surface area contributed by atoms with E-state index in [0.717, 1.165) is 37.3 Å². The number of para-hydroxylation sites is 2. The molecular formula is C22H28N4O2. The van der Waals surface area contributed by atoms with Gasteiger partial charge in [-0.3, -0.25) is 9.98 Å². The number of piperazine rings is 1. The molecule has 2 aromatic carbocycles. The summed E-state index contributed by atoms with van der Waals surface area (Å²) in [6, 6.07) is 16.5. The number of anilines is 2. The van der Waals surface area contributed by atoms with Crippen LogP contribution in [0.15, 0.2) is 58.5 Å². The van der Waals surface area contributed by atoms with Crippen LogP contribution in [0.1, 0.15) is 11.1 Å². The summed E-state index contributed by atoms with van der Waals surface area (Å²) >= 11 is 0. The molecule has 1 fully saturated rings. The van der Waals surface area contributed by atoms with Crippen molar-refractivity contribution in [2.75, 3.05) is 62.3 Å². The Labute approximate surface area is 166 Å². The van der Waals surface area contributed by atoms with Crippen molar-refractivity contribution < 1.29 is 10.2 Å². The summed E-state index contributed by atoms with van der Waals surface area (Å²) in [4.78, 5) is 13.3.